The molecular formula is C14H16BrFN4. The summed E-state index contributed by atoms with van der Waals surface area (Å²) >= 11 is 3.38. The summed E-state index contributed by atoms with van der Waals surface area (Å²) in [5.41, 5.74) is 0.990. The van der Waals surface area contributed by atoms with Gasteiger partial charge in [-0.2, -0.15) is 0 Å². The van der Waals surface area contributed by atoms with Crippen LogP contribution in [-0.4, -0.2) is 31.1 Å². The lowest BCUT2D eigenvalue weighted by atomic mass is 10.2. The summed E-state index contributed by atoms with van der Waals surface area (Å²) in [4.78, 5) is 12.6. The summed E-state index contributed by atoms with van der Waals surface area (Å²) in [5, 5.41) is 0. The molecule has 4 nitrogen and oxygen atoms in total. The first-order valence-electron chi connectivity index (χ1n) is 6.12. The Hall–Kier alpha value is -1.69. The minimum Gasteiger partial charge on any atom is -0.360 e. The molecule has 2 aromatic rings. The van der Waals surface area contributed by atoms with Gasteiger partial charge in [-0.15, -0.1) is 0 Å². The van der Waals surface area contributed by atoms with Crippen LogP contribution >= 0.6 is 15.9 Å². The first-order valence-corrected chi connectivity index (χ1v) is 6.91. The van der Waals surface area contributed by atoms with Crippen molar-refractivity contribution in [3.8, 4) is 0 Å². The van der Waals surface area contributed by atoms with Crippen LogP contribution in [0.3, 0.4) is 0 Å². The lowest BCUT2D eigenvalue weighted by molar-refractivity contribution is 0.625. The summed E-state index contributed by atoms with van der Waals surface area (Å²) in [6, 6.07) is 4.69. The van der Waals surface area contributed by atoms with Gasteiger partial charge in [0.15, 0.2) is 11.6 Å². The van der Waals surface area contributed by atoms with Crippen LogP contribution in [0, 0.1) is 5.82 Å². The fraction of sp³-hybridized carbons (Fsp3) is 0.286. The van der Waals surface area contributed by atoms with E-state index in [1.54, 1.807) is 18.5 Å². The van der Waals surface area contributed by atoms with E-state index >= 15 is 0 Å². The van der Waals surface area contributed by atoms with Gasteiger partial charge in [-0.3, -0.25) is 0 Å². The van der Waals surface area contributed by atoms with Crippen LogP contribution in [0.15, 0.2) is 35.1 Å². The van der Waals surface area contributed by atoms with Crippen LogP contribution in [0.5, 0.6) is 0 Å². The van der Waals surface area contributed by atoms with Gasteiger partial charge in [-0.1, -0.05) is 22.0 Å². The summed E-state index contributed by atoms with van der Waals surface area (Å²) < 4.78 is 13.9. The molecule has 0 aliphatic carbocycles. The minimum absolute atomic E-state index is 0.253. The molecule has 1 aromatic heterocycles. The van der Waals surface area contributed by atoms with Gasteiger partial charge in [0.25, 0.3) is 0 Å². The Bertz CT molecular complexity index is 603. The van der Waals surface area contributed by atoms with E-state index in [0.29, 0.717) is 6.54 Å². The van der Waals surface area contributed by atoms with Gasteiger partial charge < -0.3 is 9.80 Å². The largest absolute Gasteiger partial charge is 0.360 e. The number of benzene rings is 1. The Labute approximate surface area is 126 Å². The Kier molecular flexibility index (Phi) is 4.54. The molecule has 6 heteroatoms. The molecule has 0 spiro atoms. The lowest BCUT2D eigenvalue weighted by Gasteiger charge is -2.23. The van der Waals surface area contributed by atoms with E-state index in [2.05, 4.69) is 25.9 Å². The second-order valence-electron chi connectivity index (χ2n) is 4.69. The molecule has 1 heterocycles. The molecule has 0 amide bonds. The molecule has 0 aliphatic heterocycles. The first-order chi connectivity index (χ1) is 9.49. The predicted molar refractivity (Wildman–Crippen MR) is 82.6 cm³/mol. The number of anilines is 2. The van der Waals surface area contributed by atoms with E-state index in [1.165, 1.54) is 12.1 Å². The molecule has 0 unspecified atom stereocenters. The van der Waals surface area contributed by atoms with Crippen LogP contribution in [0.25, 0.3) is 0 Å². The zero-order valence-corrected chi connectivity index (χ0v) is 13.2. The van der Waals surface area contributed by atoms with Gasteiger partial charge in [-0.25, -0.2) is 14.4 Å². The van der Waals surface area contributed by atoms with Gasteiger partial charge >= 0.3 is 0 Å². The van der Waals surface area contributed by atoms with Crippen molar-refractivity contribution in [2.45, 2.75) is 6.54 Å². The Morgan fingerprint density at radius 2 is 1.75 bits per heavy atom. The van der Waals surface area contributed by atoms with Crippen molar-refractivity contribution in [2.75, 3.05) is 30.9 Å². The molecule has 0 N–H and O–H groups in total. The average molecular weight is 339 g/mol. The van der Waals surface area contributed by atoms with Gasteiger partial charge in [0.05, 0.1) is 0 Å². The van der Waals surface area contributed by atoms with E-state index < -0.39 is 0 Å². The molecule has 2 rings (SSSR count). The Balaban J connectivity index is 2.26. The highest BCUT2D eigenvalue weighted by molar-refractivity contribution is 9.10. The molecule has 0 atom stereocenters. The van der Waals surface area contributed by atoms with Crippen molar-refractivity contribution >= 4 is 27.6 Å². The standard InChI is InChI=1S/C14H16BrFN4/c1-19(2)13-14(18-7-6-17-13)20(3)9-10-4-5-11(16)8-12(10)15/h4-8H,9H2,1-3H3. The van der Waals surface area contributed by atoms with Crippen LogP contribution in [-0.2, 0) is 6.54 Å². The first kappa shape index (κ1) is 14.7. The van der Waals surface area contributed by atoms with Crippen LogP contribution < -0.4 is 9.80 Å². The van der Waals surface area contributed by atoms with Crippen molar-refractivity contribution in [3.63, 3.8) is 0 Å². The second kappa shape index (κ2) is 6.17. The third kappa shape index (κ3) is 3.25. The van der Waals surface area contributed by atoms with Crippen LogP contribution in [0.4, 0.5) is 16.0 Å². The summed E-state index contributed by atoms with van der Waals surface area (Å²) in [7, 11) is 5.79. The summed E-state index contributed by atoms with van der Waals surface area (Å²) in [6.45, 7) is 0.612. The van der Waals surface area contributed by atoms with Crippen molar-refractivity contribution in [1.29, 1.82) is 0 Å². The number of aromatic nitrogens is 2. The number of hydrogen-bond donors (Lipinski definition) is 0. The van der Waals surface area contributed by atoms with E-state index in [4.69, 9.17) is 0 Å². The quantitative estimate of drug-likeness (QED) is 0.857. The maximum Gasteiger partial charge on any atom is 0.172 e. The van der Waals surface area contributed by atoms with Crippen LogP contribution in [0.2, 0.25) is 0 Å². The third-order valence-electron chi connectivity index (χ3n) is 2.87. The van der Waals surface area contributed by atoms with Gasteiger partial charge in [0.2, 0.25) is 0 Å². The predicted octanol–water partition coefficient (Wildman–Crippen LogP) is 3.08. The fourth-order valence-electron chi connectivity index (χ4n) is 1.89. The number of halogens is 2. The molecule has 20 heavy (non-hydrogen) atoms. The summed E-state index contributed by atoms with van der Waals surface area (Å²) in [6.07, 6.45) is 3.33. The van der Waals surface area contributed by atoms with Crippen molar-refractivity contribution in [2.24, 2.45) is 0 Å². The molecule has 106 valence electrons. The highest BCUT2D eigenvalue weighted by atomic mass is 79.9. The average Bonchev–Trinajstić information content (AvgIpc) is 2.41. The maximum absolute atomic E-state index is 13.1. The number of hydrogen-bond acceptors (Lipinski definition) is 4. The van der Waals surface area contributed by atoms with Crippen molar-refractivity contribution in [1.82, 2.24) is 9.97 Å². The second-order valence-corrected chi connectivity index (χ2v) is 5.54. The monoisotopic (exact) mass is 338 g/mol. The molecule has 0 radical (unpaired) electrons. The van der Waals surface area contributed by atoms with E-state index in [1.807, 2.05) is 30.9 Å². The van der Waals surface area contributed by atoms with Gasteiger partial charge in [0.1, 0.15) is 5.82 Å². The molecule has 0 bridgehead atoms. The Morgan fingerprint density at radius 3 is 2.35 bits per heavy atom. The number of rotatable bonds is 4. The molecular weight excluding hydrogens is 323 g/mol. The number of nitrogens with zero attached hydrogens (tertiary/aromatic N) is 4. The van der Waals surface area contributed by atoms with E-state index in [9.17, 15) is 4.39 Å². The zero-order chi connectivity index (χ0) is 14.7. The molecule has 1 aromatic carbocycles. The van der Waals surface area contributed by atoms with E-state index in [0.717, 1.165) is 21.7 Å². The van der Waals surface area contributed by atoms with Gasteiger partial charge in [-0.05, 0) is 17.7 Å². The van der Waals surface area contributed by atoms with Crippen molar-refractivity contribution in [3.05, 3.63) is 46.4 Å². The van der Waals surface area contributed by atoms with Crippen LogP contribution in [0.1, 0.15) is 5.56 Å². The highest BCUT2D eigenvalue weighted by Crippen LogP contribution is 2.25. The SMILES string of the molecule is CN(C)c1nccnc1N(C)Cc1ccc(F)cc1Br. The highest BCUT2D eigenvalue weighted by Gasteiger charge is 2.13. The molecule has 0 fully saturated rings. The van der Waals surface area contributed by atoms with Gasteiger partial charge in [0, 0.05) is 44.6 Å². The molecule has 0 saturated heterocycles. The fourth-order valence-corrected chi connectivity index (χ4v) is 2.36. The lowest BCUT2D eigenvalue weighted by Crippen LogP contribution is -2.22. The third-order valence-corrected chi connectivity index (χ3v) is 3.61. The topological polar surface area (TPSA) is 32.3 Å². The maximum atomic E-state index is 13.1. The normalized spacial score (nSPS) is 10.4. The zero-order valence-electron chi connectivity index (χ0n) is 11.6. The smallest absolute Gasteiger partial charge is 0.172 e. The summed E-state index contributed by atoms with van der Waals surface area (Å²) in [5.74, 6) is 1.33. The van der Waals surface area contributed by atoms with E-state index in [-0.39, 0.29) is 5.82 Å². The van der Waals surface area contributed by atoms with Crippen molar-refractivity contribution < 1.29 is 4.39 Å². The molecule has 0 saturated carbocycles. The minimum atomic E-state index is -0.253. The Morgan fingerprint density at radius 1 is 1.10 bits per heavy atom. The molecule has 0 aliphatic rings.